The lowest BCUT2D eigenvalue weighted by molar-refractivity contribution is -0.142. The number of benzene rings is 2. The molecule has 334 valence electrons. The van der Waals surface area contributed by atoms with Crippen molar-refractivity contribution in [2.75, 3.05) is 23.4 Å². The first-order valence-electron chi connectivity index (χ1n) is 21.2. The number of esters is 1. The van der Waals surface area contributed by atoms with E-state index < -0.39 is 0 Å². The van der Waals surface area contributed by atoms with E-state index in [1.165, 1.54) is 43.9 Å². The van der Waals surface area contributed by atoms with Crippen molar-refractivity contribution < 1.29 is 19.7 Å². The van der Waals surface area contributed by atoms with Crippen LogP contribution in [0.25, 0.3) is 0 Å². The summed E-state index contributed by atoms with van der Waals surface area (Å²) >= 11 is 6.84. The van der Waals surface area contributed by atoms with Gasteiger partial charge in [-0.15, -0.1) is 6.42 Å². The molecule has 0 bridgehead atoms. The standard InChI is InChI=1S/C33H40N4OS2.C18H28O3S/c1-9-11-13-15-17-19-21-39-30-35-29(36-31(37-30)40-22-20-18-16-14-12-10-2)34-25-23-26(32(3,4)5)28(38)27(24-25)33(6,7)8;1-17(2,3)13-9-12(11-15(19)21-7-8-22)10-14(16(13)20)18(4,5)6/h1,23-24,38H,10,12,14,16,18,20,22H2,2-8H3,(H,34,35,36,37);9-10,20,22H,7-8,11H2,1-6H3. The number of hydrogen-bond donors (Lipinski definition) is 4. The van der Waals surface area contributed by atoms with Crippen LogP contribution in [-0.4, -0.2) is 49.2 Å². The van der Waals surface area contributed by atoms with Gasteiger partial charge in [0.05, 0.1) is 6.42 Å². The average Bonchev–Trinajstić information content (AvgIpc) is 3.16. The molecule has 0 saturated carbocycles. The fourth-order valence-corrected chi connectivity index (χ4v) is 7.51. The molecule has 3 rings (SSSR count). The minimum atomic E-state index is -0.264. The van der Waals surface area contributed by atoms with E-state index in [1.54, 1.807) is 11.8 Å². The van der Waals surface area contributed by atoms with Gasteiger partial charge >= 0.3 is 5.97 Å². The summed E-state index contributed by atoms with van der Waals surface area (Å²) < 4.78 is 5.10. The Morgan fingerprint density at radius 1 is 0.710 bits per heavy atom. The van der Waals surface area contributed by atoms with E-state index in [2.05, 4.69) is 159 Å². The number of anilines is 2. The predicted molar refractivity (Wildman–Crippen MR) is 265 cm³/mol. The average molecular weight is 897 g/mol. The number of aromatic hydroxyl groups is 2. The summed E-state index contributed by atoms with van der Waals surface area (Å²) in [7, 11) is 0. The highest BCUT2D eigenvalue weighted by molar-refractivity contribution is 8.03. The van der Waals surface area contributed by atoms with Crippen LogP contribution in [0.15, 0.2) is 34.6 Å². The van der Waals surface area contributed by atoms with Gasteiger partial charge in [0, 0.05) is 40.1 Å². The first kappa shape index (κ1) is 53.7. The van der Waals surface area contributed by atoms with Crippen molar-refractivity contribution in [2.45, 2.75) is 167 Å². The van der Waals surface area contributed by atoms with Crippen molar-refractivity contribution >= 4 is 53.8 Å². The minimum Gasteiger partial charge on any atom is -0.507 e. The van der Waals surface area contributed by atoms with Crippen LogP contribution in [0.2, 0.25) is 0 Å². The summed E-state index contributed by atoms with van der Waals surface area (Å²) in [6.45, 7) is 27.4. The molecule has 11 heteroatoms. The number of phenolic OH excluding ortho intramolecular Hbond substituents is 2. The number of hydrogen-bond acceptors (Lipinski definition) is 11. The van der Waals surface area contributed by atoms with Crippen LogP contribution in [0.5, 0.6) is 11.5 Å². The van der Waals surface area contributed by atoms with Crippen LogP contribution >= 0.6 is 36.2 Å². The highest BCUT2D eigenvalue weighted by atomic mass is 32.2. The Hall–Kier alpha value is -4.39. The van der Waals surface area contributed by atoms with Crippen LogP contribution < -0.4 is 5.32 Å². The quantitative estimate of drug-likeness (QED) is 0.0293. The lowest BCUT2D eigenvalue weighted by Crippen LogP contribution is -2.19. The summed E-state index contributed by atoms with van der Waals surface area (Å²) in [6.07, 6.45) is 12.7. The van der Waals surface area contributed by atoms with E-state index in [4.69, 9.17) is 16.1 Å². The van der Waals surface area contributed by atoms with Crippen LogP contribution in [0, 0.1) is 47.2 Å². The van der Waals surface area contributed by atoms with Crippen molar-refractivity contribution in [3.63, 3.8) is 0 Å². The van der Waals surface area contributed by atoms with E-state index in [1.807, 2.05) is 24.3 Å². The Balaban J connectivity index is 0.000000507. The van der Waals surface area contributed by atoms with Gasteiger partial charge in [-0.05, 0) is 97.7 Å². The fourth-order valence-electron chi connectivity index (χ4n) is 6.07. The van der Waals surface area contributed by atoms with Gasteiger partial charge in [-0.1, -0.05) is 146 Å². The lowest BCUT2D eigenvalue weighted by Gasteiger charge is -2.28. The highest BCUT2D eigenvalue weighted by Crippen LogP contribution is 2.42. The summed E-state index contributed by atoms with van der Waals surface area (Å²) in [4.78, 5) is 25.8. The molecule has 0 fully saturated rings. The molecule has 2 aromatic carbocycles. The molecular weight excluding hydrogens is 829 g/mol. The Kier molecular flexibility index (Phi) is 21.7. The van der Waals surface area contributed by atoms with Gasteiger partial charge in [0.1, 0.15) is 18.1 Å². The molecule has 0 spiro atoms. The molecule has 0 aliphatic heterocycles. The van der Waals surface area contributed by atoms with E-state index in [0.717, 1.165) is 45.7 Å². The molecule has 0 amide bonds. The van der Waals surface area contributed by atoms with E-state index >= 15 is 0 Å². The topological polar surface area (TPSA) is 117 Å². The molecule has 3 N–H and O–H groups in total. The maximum absolute atomic E-state index is 11.9. The van der Waals surface area contributed by atoms with Crippen molar-refractivity contribution in [2.24, 2.45) is 0 Å². The molecular formula is C51H68N4O4S3. The summed E-state index contributed by atoms with van der Waals surface area (Å²) in [5.74, 6) is 17.4. The van der Waals surface area contributed by atoms with Crippen LogP contribution in [-0.2, 0) is 37.6 Å². The largest absolute Gasteiger partial charge is 0.507 e. The van der Waals surface area contributed by atoms with Crippen LogP contribution in [0.3, 0.4) is 0 Å². The zero-order valence-electron chi connectivity index (χ0n) is 39.3. The van der Waals surface area contributed by atoms with Gasteiger partial charge in [0.2, 0.25) is 11.1 Å². The number of phenols is 2. The number of terminal acetylenes is 1. The monoisotopic (exact) mass is 896 g/mol. The molecule has 0 saturated heterocycles. The predicted octanol–water partition coefficient (Wildman–Crippen LogP) is 12.1. The summed E-state index contributed by atoms with van der Waals surface area (Å²) in [5.41, 5.74) is 4.23. The third-order valence-electron chi connectivity index (χ3n) is 9.31. The van der Waals surface area contributed by atoms with Crippen LogP contribution in [0.1, 0.15) is 156 Å². The van der Waals surface area contributed by atoms with Crippen molar-refractivity contribution in [3.8, 4) is 58.7 Å². The smallest absolute Gasteiger partial charge is 0.310 e. The third kappa shape index (κ3) is 18.9. The van der Waals surface area contributed by atoms with E-state index in [0.29, 0.717) is 40.1 Å². The Bertz CT molecular complexity index is 2130. The number of nitrogens with one attached hydrogen (secondary N) is 1. The number of unbranched alkanes of at least 4 members (excludes halogenated alkanes) is 5. The lowest BCUT2D eigenvalue weighted by atomic mass is 9.78. The van der Waals surface area contributed by atoms with Crippen molar-refractivity contribution in [1.29, 1.82) is 0 Å². The SMILES string of the molecule is C#CC#CC#CC#CSc1nc(Nc2cc(C(C)(C)C)c(O)c(C(C)(C)C)c2)nc(SCCCCCCCC)n1.CC(C)(C)c1cc(CC(=O)OCCS)cc(C(C)(C)C)c1O. The number of aromatic nitrogens is 3. The van der Waals surface area contributed by atoms with Gasteiger partial charge in [0.15, 0.2) is 5.16 Å². The number of rotatable bonds is 15. The Morgan fingerprint density at radius 2 is 1.19 bits per heavy atom. The van der Waals surface area contributed by atoms with E-state index in [-0.39, 0.29) is 34.1 Å². The second kappa shape index (κ2) is 25.0. The molecule has 3 aromatic rings. The molecule has 0 aliphatic carbocycles. The second-order valence-electron chi connectivity index (χ2n) is 19.0. The maximum atomic E-state index is 11.9. The molecule has 1 heterocycles. The van der Waals surface area contributed by atoms with Crippen molar-refractivity contribution in [1.82, 2.24) is 15.0 Å². The molecule has 1 aromatic heterocycles. The van der Waals surface area contributed by atoms with Gasteiger partial charge in [0.25, 0.3) is 0 Å². The first-order chi connectivity index (χ1) is 28.9. The molecule has 0 aliphatic rings. The molecule has 0 atom stereocenters. The third-order valence-corrected chi connectivity index (χ3v) is 11.0. The van der Waals surface area contributed by atoms with Gasteiger partial charge in [-0.25, -0.2) is 0 Å². The Labute approximate surface area is 387 Å². The number of carbonyl (C=O) groups excluding carboxylic acids is 1. The number of thioether (sulfide) groups is 2. The zero-order valence-corrected chi connectivity index (χ0v) is 41.8. The second-order valence-corrected chi connectivity index (χ2v) is 21.3. The minimum absolute atomic E-state index is 0.199. The number of ether oxygens (including phenoxy) is 1. The molecule has 0 unspecified atom stereocenters. The molecule has 0 radical (unpaired) electrons. The normalized spacial score (nSPS) is 11.3. The molecule has 62 heavy (non-hydrogen) atoms. The zero-order chi connectivity index (χ0) is 46.7. The maximum Gasteiger partial charge on any atom is 0.310 e. The summed E-state index contributed by atoms with van der Waals surface area (Å²) in [6, 6.07) is 7.76. The van der Waals surface area contributed by atoms with Gasteiger partial charge in [-0.2, -0.15) is 27.6 Å². The van der Waals surface area contributed by atoms with Gasteiger partial charge in [-0.3, -0.25) is 4.79 Å². The first-order valence-corrected chi connectivity index (χ1v) is 23.6. The highest BCUT2D eigenvalue weighted by Gasteiger charge is 2.28. The fraction of sp³-hybridized carbons (Fsp3) is 0.529. The van der Waals surface area contributed by atoms with Gasteiger partial charge < -0.3 is 20.3 Å². The molecule has 8 nitrogen and oxygen atoms in total. The Morgan fingerprint density at radius 3 is 1.71 bits per heavy atom. The number of thiol groups is 1. The number of nitrogens with zero attached hydrogens (tertiary/aromatic N) is 3. The van der Waals surface area contributed by atoms with Crippen molar-refractivity contribution in [3.05, 3.63) is 52.1 Å². The number of carbonyl (C=O) groups is 1. The van der Waals surface area contributed by atoms with Crippen LogP contribution in [0.4, 0.5) is 11.6 Å². The van der Waals surface area contributed by atoms with E-state index in [9.17, 15) is 15.0 Å². The summed E-state index contributed by atoms with van der Waals surface area (Å²) in [5, 5.41) is 29.1.